The van der Waals surface area contributed by atoms with Crippen LogP contribution in [-0.4, -0.2) is 19.1 Å². The molecule has 198 valence electrons. The standard InChI is InChI=1S/C34H42N4/c1-15-17(3)21(7)31-29(19(15)5)23(9)27(13)37(31)33-25(11)36-34(26(12)35-33)38-28(14)24(10)30-20(6)16(2)18(4)22(8)32(30)38/h1-14H3. The van der Waals surface area contributed by atoms with Crippen LogP contribution in [0.4, 0.5) is 0 Å². The van der Waals surface area contributed by atoms with Crippen LogP contribution in [0.5, 0.6) is 0 Å². The lowest BCUT2D eigenvalue weighted by molar-refractivity contribution is 0.869. The molecule has 0 radical (unpaired) electrons. The van der Waals surface area contributed by atoms with Gasteiger partial charge in [-0.3, -0.25) is 9.13 Å². The van der Waals surface area contributed by atoms with Crippen molar-refractivity contribution in [2.75, 3.05) is 0 Å². The zero-order valence-corrected chi connectivity index (χ0v) is 25.8. The molecule has 0 spiro atoms. The first-order chi connectivity index (χ1) is 17.7. The van der Waals surface area contributed by atoms with Crippen LogP contribution >= 0.6 is 0 Å². The Bertz CT molecular complexity index is 1700. The van der Waals surface area contributed by atoms with Gasteiger partial charge in [0, 0.05) is 22.2 Å². The van der Waals surface area contributed by atoms with Crippen LogP contribution in [0.2, 0.25) is 0 Å². The fourth-order valence-electron chi connectivity index (χ4n) is 6.63. The van der Waals surface area contributed by atoms with Gasteiger partial charge in [-0.05, 0) is 153 Å². The van der Waals surface area contributed by atoms with Gasteiger partial charge in [0.15, 0.2) is 11.6 Å². The van der Waals surface area contributed by atoms with Crippen molar-refractivity contribution in [1.82, 2.24) is 19.1 Å². The van der Waals surface area contributed by atoms with Gasteiger partial charge in [0.1, 0.15) is 0 Å². The number of fused-ring (bicyclic) bond motifs is 2. The summed E-state index contributed by atoms with van der Waals surface area (Å²) < 4.78 is 4.71. The number of hydrogen-bond acceptors (Lipinski definition) is 2. The molecule has 38 heavy (non-hydrogen) atoms. The summed E-state index contributed by atoms with van der Waals surface area (Å²) in [6.07, 6.45) is 0. The van der Waals surface area contributed by atoms with Crippen LogP contribution in [-0.2, 0) is 0 Å². The fourth-order valence-corrected chi connectivity index (χ4v) is 6.63. The van der Waals surface area contributed by atoms with E-state index in [4.69, 9.17) is 9.97 Å². The molecule has 3 heterocycles. The third-order valence-corrected chi connectivity index (χ3v) is 9.88. The maximum atomic E-state index is 5.30. The Hall–Kier alpha value is -3.40. The molecule has 4 heteroatoms. The zero-order valence-electron chi connectivity index (χ0n) is 25.8. The van der Waals surface area contributed by atoms with E-state index in [1.54, 1.807) is 0 Å². The molecule has 0 atom stereocenters. The molecule has 5 aromatic rings. The smallest absolute Gasteiger partial charge is 0.159 e. The molecule has 5 rings (SSSR count). The molecule has 0 unspecified atom stereocenters. The van der Waals surface area contributed by atoms with Gasteiger partial charge >= 0.3 is 0 Å². The predicted octanol–water partition coefficient (Wildman–Crippen LogP) is 8.68. The molecule has 0 bridgehead atoms. The van der Waals surface area contributed by atoms with Gasteiger partial charge in [-0.25, -0.2) is 9.97 Å². The number of nitrogens with zero attached hydrogens (tertiary/aromatic N) is 4. The Morgan fingerprint density at radius 1 is 0.342 bits per heavy atom. The van der Waals surface area contributed by atoms with E-state index in [1.807, 2.05) is 0 Å². The Labute approximate surface area is 227 Å². The van der Waals surface area contributed by atoms with E-state index in [2.05, 4.69) is 106 Å². The fraction of sp³-hybridized carbons (Fsp3) is 0.412. The first-order valence-electron chi connectivity index (χ1n) is 13.7. The van der Waals surface area contributed by atoms with Crippen LogP contribution < -0.4 is 0 Å². The summed E-state index contributed by atoms with van der Waals surface area (Å²) in [6, 6.07) is 0. The average Bonchev–Trinajstić information content (AvgIpc) is 3.29. The second-order valence-electron chi connectivity index (χ2n) is 11.6. The third kappa shape index (κ3) is 3.22. The molecule has 3 aromatic heterocycles. The van der Waals surface area contributed by atoms with Gasteiger partial charge < -0.3 is 0 Å². The van der Waals surface area contributed by atoms with Crippen molar-refractivity contribution in [3.05, 3.63) is 78.4 Å². The lowest BCUT2D eigenvalue weighted by atomic mass is 9.94. The summed E-state index contributed by atoms with van der Waals surface area (Å²) in [5.41, 5.74) is 20.4. The molecule has 0 aliphatic heterocycles. The summed E-state index contributed by atoms with van der Waals surface area (Å²) in [4.78, 5) is 10.6. The predicted molar refractivity (Wildman–Crippen MR) is 162 cm³/mol. The van der Waals surface area contributed by atoms with Crippen LogP contribution in [0.15, 0.2) is 0 Å². The summed E-state index contributed by atoms with van der Waals surface area (Å²) >= 11 is 0. The molecule has 0 aliphatic carbocycles. The highest BCUT2D eigenvalue weighted by molar-refractivity contribution is 5.95. The van der Waals surface area contributed by atoms with Gasteiger partial charge in [0.2, 0.25) is 0 Å². The molecule has 0 aliphatic rings. The van der Waals surface area contributed by atoms with E-state index in [0.29, 0.717) is 0 Å². The summed E-state index contributed by atoms with van der Waals surface area (Å²) in [5.74, 6) is 1.86. The highest BCUT2D eigenvalue weighted by Gasteiger charge is 2.25. The third-order valence-electron chi connectivity index (χ3n) is 9.88. The molecule has 4 nitrogen and oxygen atoms in total. The normalized spacial score (nSPS) is 11.9. The monoisotopic (exact) mass is 506 g/mol. The first-order valence-corrected chi connectivity index (χ1v) is 13.7. The van der Waals surface area contributed by atoms with Gasteiger partial charge in [0.25, 0.3) is 0 Å². The van der Waals surface area contributed by atoms with Crippen molar-refractivity contribution in [3.63, 3.8) is 0 Å². The molecule has 0 fully saturated rings. The molecular formula is C34H42N4. The van der Waals surface area contributed by atoms with E-state index in [0.717, 1.165) is 23.0 Å². The number of benzene rings is 2. The summed E-state index contributed by atoms with van der Waals surface area (Å²) in [6.45, 7) is 31.1. The lowest BCUT2D eigenvalue weighted by Gasteiger charge is -2.19. The Morgan fingerprint density at radius 2 is 0.632 bits per heavy atom. The molecule has 0 amide bonds. The molecule has 0 saturated carbocycles. The van der Waals surface area contributed by atoms with Crippen molar-refractivity contribution in [2.24, 2.45) is 0 Å². The van der Waals surface area contributed by atoms with E-state index >= 15 is 0 Å². The highest BCUT2D eigenvalue weighted by atomic mass is 15.2. The van der Waals surface area contributed by atoms with E-state index in [1.165, 1.54) is 88.8 Å². The van der Waals surface area contributed by atoms with Crippen LogP contribution in [0.3, 0.4) is 0 Å². The van der Waals surface area contributed by atoms with Crippen molar-refractivity contribution >= 4 is 21.8 Å². The van der Waals surface area contributed by atoms with Crippen molar-refractivity contribution in [3.8, 4) is 11.6 Å². The van der Waals surface area contributed by atoms with Crippen molar-refractivity contribution in [1.29, 1.82) is 0 Å². The Morgan fingerprint density at radius 3 is 0.947 bits per heavy atom. The minimum Gasteiger partial charge on any atom is -0.296 e. The van der Waals surface area contributed by atoms with E-state index in [-0.39, 0.29) is 0 Å². The highest BCUT2D eigenvalue weighted by Crippen LogP contribution is 2.39. The minimum atomic E-state index is 0.929. The van der Waals surface area contributed by atoms with Crippen LogP contribution in [0.1, 0.15) is 78.4 Å². The first kappa shape index (κ1) is 26.2. The largest absolute Gasteiger partial charge is 0.296 e. The van der Waals surface area contributed by atoms with Gasteiger partial charge in [-0.2, -0.15) is 0 Å². The zero-order chi connectivity index (χ0) is 28.1. The second kappa shape index (κ2) is 8.56. The second-order valence-corrected chi connectivity index (χ2v) is 11.6. The Kier molecular flexibility index (Phi) is 5.90. The maximum Gasteiger partial charge on any atom is 0.159 e. The topological polar surface area (TPSA) is 35.6 Å². The average molecular weight is 507 g/mol. The quantitative estimate of drug-likeness (QED) is 0.240. The van der Waals surface area contributed by atoms with Gasteiger partial charge in [0.05, 0.1) is 22.4 Å². The summed E-state index contributed by atoms with van der Waals surface area (Å²) in [7, 11) is 0. The minimum absolute atomic E-state index is 0.929. The van der Waals surface area contributed by atoms with Crippen LogP contribution in [0.25, 0.3) is 33.4 Å². The maximum absolute atomic E-state index is 5.30. The number of hydrogen-bond donors (Lipinski definition) is 0. The van der Waals surface area contributed by atoms with Gasteiger partial charge in [-0.1, -0.05) is 0 Å². The van der Waals surface area contributed by atoms with Crippen LogP contribution in [0, 0.1) is 96.9 Å². The number of rotatable bonds is 2. The lowest BCUT2D eigenvalue weighted by Crippen LogP contribution is -2.12. The van der Waals surface area contributed by atoms with Gasteiger partial charge in [-0.15, -0.1) is 0 Å². The van der Waals surface area contributed by atoms with E-state index in [9.17, 15) is 0 Å². The number of aryl methyl sites for hydroxylation is 8. The SMILES string of the molecule is Cc1nc(-n2c(C)c(C)c3c(C)c(C)c(C)c(C)c32)c(C)nc1-n1c(C)c(C)c2c(C)c(C)c(C)c(C)c21. The molecule has 2 aromatic carbocycles. The molecular weight excluding hydrogens is 464 g/mol. The Balaban J connectivity index is 1.86. The van der Waals surface area contributed by atoms with Crippen molar-refractivity contribution in [2.45, 2.75) is 96.9 Å². The van der Waals surface area contributed by atoms with E-state index < -0.39 is 0 Å². The van der Waals surface area contributed by atoms with Crippen molar-refractivity contribution < 1.29 is 0 Å². The number of aromatic nitrogens is 4. The summed E-state index contributed by atoms with van der Waals surface area (Å²) in [5, 5.41) is 2.71. The molecule has 0 saturated heterocycles. The molecule has 0 N–H and O–H groups in total.